The van der Waals surface area contributed by atoms with Crippen molar-refractivity contribution in [1.82, 2.24) is 14.9 Å². The number of amides is 1. The van der Waals surface area contributed by atoms with E-state index in [0.29, 0.717) is 59.6 Å². The lowest BCUT2D eigenvalue weighted by molar-refractivity contribution is -0.00415. The maximum atomic E-state index is 12.1. The topological polar surface area (TPSA) is 114 Å². The number of hydrogen-bond donors (Lipinski definition) is 2. The number of nitrogens with two attached hydrogens (primary N) is 1. The Balaban J connectivity index is 0.00000300. The minimum absolute atomic E-state index is 0. The van der Waals surface area contributed by atoms with E-state index in [2.05, 4.69) is 9.97 Å². The second-order valence-corrected chi connectivity index (χ2v) is 7.66. The normalized spacial score (nSPS) is 14.5. The van der Waals surface area contributed by atoms with Crippen molar-refractivity contribution in [3.05, 3.63) is 17.2 Å². The smallest absolute Gasteiger partial charge is 0.409 e. The summed E-state index contributed by atoms with van der Waals surface area (Å²) in [6.07, 6.45) is -0.444. The van der Waals surface area contributed by atoms with E-state index >= 15 is 0 Å². The number of aromatic nitrogens is 2. The number of carbonyl (C=O) groups is 1. The van der Waals surface area contributed by atoms with Gasteiger partial charge in [-0.05, 0) is 19.9 Å². The Bertz CT molecular complexity index is 883. The molecule has 0 unspecified atom stereocenters. The summed E-state index contributed by atoms with van der Waals surface area (Å²) in [5.41, 5.74) is 5.67. The van der Waals surface area contributed by atoms with Crippen molar-refractivity contribution < 1.29 is 19.4 Å². The van der Waals surface area contributed by atoms with Crippen LogP contribution in [0.5, 0.6) is 5.75 Å². The summed E-state index contributed by atoms with van der Waals surface area (Å²) in [6, 6.07) is 3.41. The number of methoxy groups -OCH3 is 1. The maximum absolute atomic E-state index is 12.1. The Morgan fingerprint density at radius 1 is 1.28 bits per heavy atom. The number of benzene rings is 1. The molecule has 2 heterocycles. The Kier molecular flexibility index (Phi) is 7.20. The van der Waals surface area contributed by atoms with Gasteiger partial charge in [-0.15, -0.1) is 12.4 Å². The lowest BCUT2D eigenvalue weighted by Crippen LogP contribution is -2.50. The van der Waals surface area contributed by atoms with Crippen LogP contribution in [0.1, 0.15) is 13.8 Å². The van der Waals surface area contributed by atoms with E-state index in [1.54, 1.807) is 30.9 Å². The minimum atomic E-state index is -1.06. The number of carbonyl (C=O) groups excluding carboxylic acids is 1. The zero-order valence-electron chi connectivity index (χ0n) is 16.5. The first-order valence-corrected chi connectivity index (χ1v) is 9.25. The molecule has 1 amide bonds. The molecular formula is C18H25Cl2N5O4. The molecule has 0 saturated carbocycles. The van der Waals surface area contributed by atoms with Crippen LogP contribution in [0, 0.1) is 0 Å². The standard InChI is InChI=1S/C18H24ClN5O4.ClH/c1-18(2,26)10-28-17(25)24-6-4-23(5-7-24)16-21-13-9-14(27-3)12(19)8-11(13)15(20)22-16;/h8-9,26H,4-7,10H2,1-3H3,(H2,20,21,22);1H. The van der Waals surface area contributed by atoms with E-state index in [-0.39, 0.29) is 19.0 Å². The number of anilines is 2. The monoisotopic (exact) mass is 445 g/mol. The van der Waals surface area contributed by atoms with Gasteiger partial charge in [0.15, 0.2) is 0 Å². The zero-order chi connectivity index (χ0) is 20.5. The summed E-state index contributed by atoms with van der Waals surface area (Å²) in [5, 5.41) is 10.8. The lowest BCUT2D eigenvalue weighted by atomic mass is 10.2. The molecular weight excluding hydrogens is 421 g/mol. The van der Waals surface area contributed by atoms with Crippen LogP contribution in [0.15, 0.2) is 12.1 Å². The van der Waals surface area contributed by atoms with E-state index in [0.717, 1.165) is 0 Å². The molecule has 3 rings (SSSR count). The molecule has 160 valence electrons. The van der Waals surface area contributed by atoms with E-state index in [9.17, 15) is 9.90 Å². The van der Waals surface area contributed by atoms with Gasteiger partial charge in [-0.25, -0.2) is 9.78 Å². The molecule has 9 nitrogen and oxygen atoms in total. The SMILES string of the molecule is COc1cc2nc(N3CCN(C(=O)OCC(C)(C)O)CC3)nc(N)c2cc1Cl.Cl. The van der Waals surface area contributed by atoms with Crippen LogP contribution in [0.2, 0.25) is 5.02 Å². The average Bonchev–Trinajstić information content (AvgIpc) is 2.65. The van der Waals surface area contributed by atoms with Crippen LogP contribution in [0.25, 0.3) is 10.9 Å². The molecule has 11 heteroatoms. The van der Waals surface area contributed by atoms with Gasteiger partial charge in [-0.2, -0.15) is 4.98 Å². The molecule has 29 heavy (non-hydrogen) atoms. The molecule has 1 fully saturated rings. The first kappa shape index (κ1) is 23.1. The van der Waals surface area contributed by atoms with Crippen molar-refractivity contribution >= 4 is 52.8 Å². The number of aliphatic hydroxyl groups is 1. The van der Waals surface area contributed by atoms with Gasteiger partial charge in [0, 0.05) is 37.6 Å². The zero-order valence-corrected chi connectivity index (χ0v) is 18.1. The van der Waals surface area contributed by atoms with Crippen molar-refractivity contribution in [3.8, 4) is 5.75 Å². The highest BCUT2D eigenvalue weighted by Crippen LogP contribution is 2.32. The van der Waals surface area contributed by atoms with Crippen LogP contribution in [0.4, 0.5) is 16.6 Å². The first-order chi connectivity index (χ1) is 13.2. The van der Waals surface area contributed by atoms with Crippen molar-refractivity contribution in [1.29, 1.82) is 0 Å². The van der Waals surface area contributed by atoms with Crippen molar-refractivity contribution in [2.75, 3.05) is 50.5 Å². The molecule has 1 aliphatic heterocycles. The third-order valence-corrected chi connectivity index (χ3v) is 4.65. The number of nitrogens with zero attached hydrogens (tertiary/aromatic N) is 4. The van der Waals surface area contributed by atoms with Crippen molar-refractivity contribution in [3.63, 3.8) is 0 Å². The summed E-state index contributed by atoms with van der Waals surface area (Å²) in [6.45, 7) is 5.09. The third kappa shape index (κ3) is 5.43. The van der Waals surface area contributed by atoms with E-state index < -0.39 is 11.7 Å². The molecule has 2 aromatic rings. The molecule has 1 saturated heterocycles. The predicted molar refractivity (Wildman–Crippen MR) is 114 cm³/mol. The fraction of sp³-hybridized carbons (Fsp3) is 0.500. The van der Waals surface area contributed by atoms with Crippen LogP contribution >= 0.6 is 24.0 Å². The molecule has 1 aromatic carbocycles. The van der Waals surface area contributed by atoms with Crippen molar-refractivity contribution in [2.24, 2.45) is 0 Å². The van der Waals surface area contributed by atoms with Gasteiger partial charge in [0.25, 0.3) is 0 Å². The molecule has 0 bridgehead atoms. The number of hydrogen-bond acceptors (Lipinski definition) is 8. The fourth-order valence-corrected chi connectivity index (χ4v) is 3.10. The second-order valence-electron chi connectivity index (χ2n) is 7.25. The van der Waals surface area contributed by atoms with Crippen LogP contribution in [-0.4, -0.2) is 71.6 Å². The summed E-state index contributed by atoms with van der Waals surface area (Å²) in [4.78, 5) is 24.6. The minimum Gasteiger partial charge on any atom is -0.495 e. The van der Waals surface area contributed by atoms with E-state index in [1.807, 2.05) is 4.90 Å². The Morgan fingerprint density at radius 2 is 1.93 bits per heavy atom. The highest BCUT2D eigenvalue weighted by molar-refractivity contribution is 6.33. The van der Waals surface area contributed by atoms with Crippen LogP contribution in [-0.2, 0) is 4.74 Å². The Labute approximate surface area is 180 Å². The van der Waals surface area contributed by atoms with Gasteiger partial charge in [-0.3, -0.25) is 0 Å². The largest absolute Gasteiger partial charge is 0.495 e. The number of fused-ring (bicyclic) bond motifs is 1. The molecule has 0 radical (unpaired) electrons. The third-order valence-electron chi connectivity index (χ3n) is 4.36. The maximum Gasteiger partial charge on any atom is 0.409 e. The molecule has 3 N–H and O–H groups in total. The fourth-order valence-electron chi connectivity index (χ4n) is 2.86. The summed E-state index contributed by atoms with van der Waals surface area (Å²) >= 11 is 6.15. The summed E-state index contributed by atoms with van der Waals surface area (Å²) in [5.74, 6) is 1.33. The van der Waals surface area contributed by atoms with E-state index in [1.165, 1.54) is 7.11 Å². The summed E-state index contributed by atoms with van der Waals surface area (Å²) < 4.78 is 10.4. The number of piperazine rings is 1. The van der Waals surface area contributed by atoms with Gasteiger partial charge in [0.2, 0.25) is 5.95 Å². The quantitative estimate of drug-likeness (QED) is 0.736. The number of ether oxygens (including phenoxy) is 2. The van der Waals surface area contributed by atoms with Crippen molar-refractivity contribution in [2.45, 2.75) is 19.4 Å². The molecule has 0 aliphatic carbocycles. The van der Waals surface area contributed by atoms with Gasteiger partial charge in [-0.1, -0.05) is 11.6 Å². The van der Waals surface area contributed by atoms with Gasteiger partial charge >= 0.3 is 6.09 Å². The molecule has 0 spiro atoms. The summed E-state index contributed by atoms with van der Waals surface area (Å²) in [7, 11) is 1.54. The highest BCUT2D eigenvalue weighted by Gasteiger charge is 2.26. The lowest BCUT2D eigenvalue weighted by Gasteiger charge is -2.34. The predicted octanol–water partition coefficient (Wildman–Crippen LogP) is 2.33. The Hall–Kier alpha value is -2.23. The van der Waals surface area contributed by atoms with Crippen LogP contribution in [0.3, 0.4) is 0 Å². The first-order valence-electron chi connectivity index (χ1n) is 8.88. The molecule has 0 atom stereocenters. The van der Waals surface area contributed by atoms with Gasteiger partial charge < -0.3 is 30.1 Å². The number of nitrogen functional groups attached to an aromatic ring is 1. The number of rotatable bonds is 4. The average molecular weight is 446 g/mol. The molecule has 1 aromatic heterocycles. The van der Waals surface area contributed by atoms with Gasteiger partial charge in [0.05, 0.1) is 23.3 Å². The van der Waals surface area contributed by atoms with E-state index in [4.69, 9.17) is 26.8 Å². The van der Waals surface area contributed by atoms with Crippen LogP contribution < -0.4 is 15.4 Å². The number of halogens is 2. The Morgan fingerprint density at radius 3 is 2.52 bits per heavy atom. The van der Waals surface area contributed by atoms with Gasteiger partial charge in [0.1, 0.15) is 18.2 Å². The second kappa shape index (κ2) is 9.06. The molecule has 1 aliphatic rings. The highest BCUT2D eigenvalue weighted by atomic mass is 35.5.